The van der Waals surface area contributed by atoms with Crippen molar-refractivity contribution in [3.63, 3.8) is 0 Å². The molecule has 2 rings (SSSR count). The summed E-state index contributed by atoms with van der Waals surface area (Å²) in [4.78, 5) is 11.8. The van der Waals surface area contributed by atoms with Crippen LogP contribution in [0.4, 0.5) is 11.4 Å². The van der Waals surface area contributed by atoms with E-state index in [1.165, 1.54) is 0 Å². The minimum absolute atomic E-state index is 0.0783. The smallest absolute Gasteiger partial charge is 0.262 e. The summed E-state index contributed by atoms with van der Waals surface area (Å²) in [6.07, 6.45) is 0. The molecular formula is C15H15BrN2O2. The van der Waals surface area contributed by atoms with E-state index in [9.17, 15) is 4.79 Å². The molecule has 104 valence electrons. The maximum atomic E-state index is 11.8. The van der Waals surface area contributed by atoms with Crippen LogP contribution >= 0.6 is 15.9 Å². The molecule has 2 aromatic rings. The van der Waals surface area contributed by atoms with E-state index in [4.69, 9.17) is 10.5 Å². The predicted octanol–water partition coefficient (Wildman–Crippen LogP) is 3.36. The molecule has 2 aromatic carbocycles. The molecule has 0 aliphatic carbocycles. The van der Waals surface area contributed by atoms with Crippen LogP contribution in [-0.2, 0) is 4.79 Å². The van der Waals surface area contributed by atoms with Crippen LogP contribution in [0.2, 0.25) is 0 Å². The second-order valence-electron chi connectivity index (χ2n) is 4.34. The normalized spacial score (nSPS) is 10.1. The minimum Gasteiger partial charge on any atom is -0.481 e. The summed E-state index contributed by atoms with van der Waals surface area (Å²) in [5.41, 5.74) is 7.97. The summed E-state index contributed by atoms with van der Waals surface area (Å²) >= 11 is 3.34. The number of rotatable bonds is 4. The molecule has 0 aliphatic heterocycles. The van der Waals surface area contributed by atoms with E-state index >= 15 is 0 Å². The Balaban J connectivity index is 1.94. The van der Waals surface area contributed by atoms with E-state index in [2.05, 4.69) is 21.2 Å². The largest absolute Gasteiger partial charge is 0.481 e. The van der Waals surface area contributed by atoms with E-state index in [1.807, 2.05) is 43.3 Å². The third-order valence-electron chi connectivity index (χ3n) is 2.72. The summed E-state index contributed by atoms with van der Waals surface area (Å²) in [5.74, 6) is 0.327. The second-order valence-corrected chi connectivity index (χ2v) is 5.25. The second kappa shape index (κ2) is 6.43. The first-order valence-electron chi connectivity index (χ1n) is 6.09. The van der Waals surface area contributed by atoms with Crippen LogP contribution in [0.1, 0.15) is 5.56 Å². The standard InChI is InChI=1S/C15H15BrN2O2/c1-10-3-2-4-13(17)15(10)20-9-14(19)18-12-7-5-11(16)6-8-12/h2-8H,9,17H2,1H3,(H,18,19). The van der Waals surface area contributed by atoms with Gasteiger partial charge >= 0.3 is 0 Å². The van der Waals surface area contributed by atoms with Gasteiger partial charge in [-0.1, -0.05) is 28.1 Å². The third-order valence-corrected chi connectivity index (χ3v) is 3.25. The topological polar surface area (TPSA) is 64.3 Å². The SMILES string of the molecule is Cc1cccc(N)c1OCC(=O)Nc1ccc(Br)cc1. The zero-order chi connectivity index (χ0) is 14.5. The fraction of sp³-hybridized carbons (Fsp3) is 0.133. The van der Waals surface area contributed by atoms with Gasteiger partial charge in [-0.15, -0.1) is 0 Å². The van der Waals surface area contributed by atoms with Gasteiger partial charge in [-0.2, -0.15) is 0 Å². The highest BCUT2D eigenvalue weighted by Crippen LogP contribution is 2.25. The van der Waals surface area contributed by atoms with Crippen LogP contribution in [-0.4, -0.2) is 12.5 Å². The van der Waals surface area contributed by atoms with Gasteiger partial charge in [0.2, 0.25) is 0 Å². The molecule has 4 nitrogen and oxygen atoms in total. The van der Waals surface area contributed by atoms with E-state index < -0.39 is 0 Å². The molecule has 5 heteroatoms. The van der Waals surface area contributed by atoms with Crippen LogP contribution in [0.5, 0.6) is 5.75 Å². The average Bonchev–Trinajstić information content (AvgIpc) is 2.41. The molecular weight excluding hydrogens is 320 g/mol. The molecule has 20 heavy (non-hydrogen) atoms. The number of carbonyl (C=O) groups excluding carboxylic acids is 1. The van der Waals surface area contributed by atoms with Crippen molar-refractivity contribution in [2.45, 2.75) is 6.92 Å². The molecule has 0 saturated heterocycles. The molecule has 0 aromatic heterocycles. The number of ether oxygens (including phenoxy) is 1. The number of aryl methyl sites for hydroxylation is 1. The first-order chi connectivity index (χ1) is 9.56. The van der Waals surface area contributed by atoms with E-state index in [0.29, 0.717) is 11.4 Å². The maximum absolute atomic E-state index is 11.8. The van der Waals surface area contributed by atoms with E-state index in [0.717, 1.165) is 15.7 Å². The van der Waals surface area contributed by atoms with E-state index in [-0.39, 0.29) is 12.5 Å². The van der Waals surface area contributed by atoms with Crippen molar-refractivity contribution in [2.75, 3.05) is 17.7 Å². The Morgan fingerprint density at radius 2 is 1.95 bits per heavy atom. The Hall–Kier alpha value is -2.01. The lowest BCUT2D eigenvalue weighted by Gasteiger charge is -2.11. The van der Waals surface area contributed by atoms with Crippen LogP contribution in [0.15, 0.2) is 46.9 Å². The van der Waals surface area contributed by atoms with Crippen LogP contribution < -0.4 is 15.8 Å². The number of anilines is 2. The zero-order valence-electron chi connectivity index (χ0n) is 11.0. The molecule has 0 fully saturated rings. The van der Waals surface area contributed by atoms with Gasteiger partial charge in [-0.25, -0.2) is 0 Å². The van der Waals surface area contributed by atoms with Crippen LogP contribution in [0.25, 0.3) is 0 Å². The fourth-order valence-electron chi connectivity index (χ4n) is 1.74. The molecule has 0 atom stereocenters. The lowest BCUT2D eigenvalue weighted by Crippen LogP contribution is -2.20. The Kier molecular flexibility index (Phi) is 4.63. The van der Waals surface area contributed by atoms with Gasteiger partial charge in [0.05, 0.1) is 5.69 Å². The van der Waals surface area contributed by atoms with Crippen molar-refractivity contribution >= 4 is 33.2 Å². The number of para-hydroxylation sites is 1. The van der Waals surface area contributed by atoms with Crippen LogP contribution in [0.3, 0.4) is 0 Å². The Morgan fingerprint density at radius 3 is 2.60 bits per heavy atom. The first-order valence-corrected chi connectivity index (χ1v) is 6.89. The molecule has 0 aliphatic rings. The summed E-state index contributed by atoms with van der Waals surface area (Å²) < 4.78 is 6.44. The first kappa shape index (κ1) is 14.4. The minimum atomic E-state index is -0.227. The van der Waals surface area contributed by atoms with Gasteiger partial charge in [-0.3, -0.25) is 4.79 Å². The van der Waals surface area contributed by atoms with Crippen molar-refractivity contribution in [3.8, 4) is 5.75 Å². The van der Waals surface area contributed by atoms with Crippen molar-refractivity contribution < 1.29 is 9.53 Å². The number of benzene rings is 2. The number of hydrogen-bond acceptors (Lipinski definition) is 3. The van der Waals surface area contributed by atoms with E-state index in [1.54, 1.807) is 6.07 Å². The van der Waals surface area contributed by atoms with Crippen molar-refractivity contribution in [1.82, 2.24) is 0 Å². The van der Waals surface area contributed by atoms with Gasteiger partial charge in [0.15, 0.2) is 6.61 Å². The average molecular weight is 335 g/mol. The predicted molar refractivity (Wildman–Crippen MR) is 83.9 cm³/mol. The number of halogens is 1. The fourth-order valence-corrected chi connectivity index (χ4v) is 2.00. The molecule has 0 saturated carbocycles. The molecule has 1 amide bonds. The van der Waals surface area contributed by atoms with Crippen LogP contribution in [0, 0.1) is 6.92 Å². The third kappa shape index (κ3) is 3.74. The maximum Gasteiger partial charge on any atom is 0.262 e. The number of hydrogen-bond donors (Lipinski definition) is 2. The molecule has 0 spiro atoms. The van der Waals surface area contributed by atoms with Crippen molar-refractivity contribution in [2.24, 2.45) is 0 Å². The number of amides is 1. The van der Waals surface area contributed by atoms with Crippen molar-refractivity contribution in [3.05, 3.63) is 52.5 Å². The highest BCUT2D eigenvalue weighted by atomic mass is 79.9. The lowest BCUT2D eigenvalue weighted by atomic mass is 10.2. The van der Waals surface area contributed by atoms with Gasteiger partial charge in [0.1, 0.15) is 5.75 Å². The van der Waals surface area contributed by atoms with Gasteiger partial charge < -0.3 is 15.8 Å². The quantitative estimate of drug-likeness (QED) is 0.842. The molecule has 3 N–H and O–H groups in total. The highest BCUT2D eigenvalue weighted by molar-refractivity contribution is 9.10. The molecule has 0 unspecified atom stereocenters. The number of nitrogens with one attached hydrogen (secondary N) is 1. The lowest BCUT2D eigenvalue weighted by molar-refractivity contribution is -0.118. The van der Waals surface area contributed by atoms with Gasteiger partial charge in [0, 0.05) is 10.2 Å². The number of carbonyl (C=O) groups is 1. The summed E-state index contributed by atoms with van der Waals surface area (Å²) in [5, 5.41) is 2.75. The highest BCUT2D eigenvalue weighted by Gasteiger charge is 2.08. The Morgan fingerprint density at radius 1 is 1.25 bits per heavy atom. The van der Waals surface area contributed by atoms with Gasteiger partial charge in [0.25, 0.3) is 5.91 Å². The Labute approximate surface area is 126 Å². The molecule has 0 bridgehead atoms. The number of nitrogen functional groups attached to an aromatic ring is 1. The zero-order valence-corrected chi connectivity index (χ0v) is 12.6. The molecule has 0 radical (unpaired) electrons. The van der Waals surface area contributed by atoms with Crippen molar-refractivity contribution in [1.29, 1.82) is 0 Å². The van der Waals surface area contributed by atoms with Gasteiger partial charge in [-0.05, 0) is 42.8 Å². The summed E-state index contributed by atoms with van der Waals surface area (Å²) in [6.45, 7) is 1.81. The number of nitrogens with two attached hydrogens (primary N) is 1. The molecule has 0 heterocycles. The Bertz CT molecular complexity index is 592. The summed E-state index contributed by atoms with van der Waals surface area (Å²) in [7, 11) is 0. The monoisotopic (exact) mass is 334 g/mol. The summed E-state index contributed by atoms with van der Waals surface area (Å²) in [6, 6.07) is 12.8.